The van der Waals surface area contributed by atoms with Crippen LogP contribution in [-0.2, 0) is 17.8 Å². The molecule has 0 radical (unpaired) electrons. The topological polar surface area (TPSA) is 92.8 Å². The van der Waals surface area contributed by atoms with Gasteiger partial charge in [-0.2, -0.15) is 0 Å². The second kappa shape index (κ2) is 7.61. The molecule has 1 aliphatic heterocycles. The SMILES string of the molecule is COc1cccc(NC(=O)N2CCc3nc(NC(C)=O)sc3C2)c1OC. The molecule has 8 nitrogen and oxygen atoms in total. The van der Waals surface area contributed by atoms with E-state index in [1.54, 1.807) is 30.2 Å². The average Bonchev–Trinajstić information content (AvgIpc) is 3.01. The van der Waals surface area contributed by atoms with Gasteiger partial charge in [0.1, 0.15) is 0 Å². The lowest BCUT2D eigenvalue weighted by atomic mass is 10.2. The van der Waals surface area contributed by atoms with Gasteiger partial charge < -0.3 is 25.0 Å². The number of thiazole rings is 1. The third-order valence-electron chi connectivity index (χ3n) is 3.95. The van der Waals surface area contributed by atoms with Gasteiger partial charge in [0.25, 0.3) is 0 Å². The van der Waals surface area contributed by atoms with Gasteiger partial charge in [0.2, 0.25) is 5.91 Å². The van der Waals surface area contributed by atoms with E-state index in [0.717, 1.165) is 10.6 Å². The van der Waals surface area contributed by atoms with E-state index < -0.39 is 0 Å². The Kier molecular flexibility index (Phi) is 5.27. The number of amides is 3. The Balaban J connectivity index is 1.72. The fraction of sp³-hybridized carbons (Fsp3) is 0.353. The number of ether oxygens (including phenoxy) is 2. The van der Waals surface area contributed by atoms with Gasteiger partial charge in [-0.25, -0.2) is 9.78 Å². The molecule has 3 amide bonds. The Morgan fingerprint density at radius 1 is 1.23 bits per heavy atom. The molecule has 0 fully saturated rings. The van der Waals surface area contributed by atoms with E-state index in [2.05, 4.69) is 15.6 Å². The lowest BCUT2D eigenvalue weighted by molar-refractivity contribution is -0.114. The van der Waals surface area contributed by atoms with Gasteiger partial charge in [0.15, 0.2) is 16.6 Å². The summed E-state index contributed by atoms with van der Waals surface area (Å²) in [5.74, 6) is 0.872. The van der Waals surface area contributed by atoms with E-state index in [1.165, 1.54) is 25.4 Å². The van der Waals surface area contributed by atoms with E-state index in [0.29, 0.717) is 41.8 Å². The van der Waals surface area contributed by atoms with Crippen molar-refractivity contribution in [2.45, 2.75) is 19.9 Å². The van der Waals surface area contributed by atoms with Gasteiger partial charge >= 0.3 is 6.03 Å². The quantitative estimate of drug-likeness (QED) is 0.856. The van der Waals surface area contributed by atoms with Gasteiger partial charge in [-0.15, -0.1) is 0 Å². The first-order valence-electron chi connectivity index (χ1n) is 8.05. The number of hydrogen-bond acceptors (Lipinski definition) is 6. The van der Waals surface area contributed by atoms with Crippen LogP contribution in [0.5, 0.6) is 11.5 Å². The first-order valence-corrected chi connectivity index (χ1v) is 8.86. The van der Waals surface area contributed by atoms with Crippen molar-refractivity contribution >= 4 is 34.1 Å². The van der Waals surface area contributed by atoms with Crippen LogP contribution in [0, 0.1) is 0 Å². The molecule has 0 bridgehead atoms. The minimum absolute atomic E-state index is 0.157. The summed E-state index contributed by atoms with van der Waals surface area (Å²) in [5, 5.41) is 6.13. The molecule has 1 aromatic carbocycles. The molecule has 0 saturated heterocycles. The Labute approximate surface area is 155 Å². The maximum atomic E-state index is 12.7. The van der Waals surface area contributed by atoms with Crippen LogP contribution < -0.4 is 20.1 Å². The third-order valence-corrected chi connectivity index (χ3v) is 4.94. The van der Waals surface area contributed by atoms with Crippen LogP contribution in [0.3, 0.4) is 0 Å². The second-order valence-corrected chi connectivity index (χ2v) is 6.80. The highest BCUT2D eigenvalue weighted by Gasteiger charge is 2.25. The number of methoxy groups -OCH3 is 2. The van der Waals surface area contributed by atoms with Crippen LogP contribution in [0.4, 0.5) is 15.6 Å². The number of anilines is 2. The summed E-state index contributed by atoms with van der Waals surface area (Å²) >= 11 is 1.40. The largest absolute Gasteiger partial charge is 0.493 e. The van der Waals surface area contributed by atoms with Crippen LogP contribution in [0.2, 0.25) is 0 Å². The summed E-state index contributed by atoms with van der Waals surface area (Å²) in [7, 11) is 3.08. The zero-order valence-electron chi connectivity index (χ0n) is 14.8. The summed E-state index contributed by atoms with van der Waals surface area (Å²) in [6, 6.07) is 5.09. The Morgan fingerprint density at radius 3 is 2.73 bits per heavy atom. The highest BCUT2D eigenvalue weighted by atomic mass is 32.1. The molecule has 2 heterocycles. The second-order valence-electron chi connectivity index (χ2n) is 5.71. The fourth-order valence-electron chi connectivity index (χ4n) is 2.75. The molecule has 0 aliphatic carbocycles. The highest BCUT2D eigenvalue weighted by molar-refractivity contribution is 7.15. The highest BCUT2D eigenvalue weighted by Crippen LogP contribution is 2.35. The average molecular weight is 376 g/mol. The van der Waals surface area contributed by atoms with E-state index in [9.17, 15) is 9.59 Å². The molecule has 2 aromatic rings. The number of fused-ring (bicyclic) bond motifs is 1. The predicted octanol–water partition coefficient (Wildman–Crippen LogP) is 2.71. The van der Waals surface area contributed by atoms with Gasteiger partial charge in [-0.1, -0.05) is 17.4 Å². The standard InChI is InChI=1S/C17H20N4O4S/c1-10(22)18-16-19-11-7-8-21(9-14(11)26-16)17(23)20-12-5-4-6-13(24-2)15(12)25-3/h4-6H,7-9H2,1-3H3,(H,20,23)(H,18,19,22). The molecular formula is C17H20N4O4S. The van der Waals surface area contributed by atoms with Crippen molar-refractivity contribution < 1.29 is 19.1 Å². The molecule has 138 valence electrons. The Bertz CT molecular complexity index is 836. The number of carbonyl (C=O) groups excluding carboxylic acids is 2. The predicted molar refractivity (Wildman–Crippen MR) is 99.1 cm³/mol. The Hall–Kier alpha value is -2.81. The molecule has 1 aromatic heterocycles. The molecule has 0 unspecified atom stereocenters. The van der Waals surface area contributed by atoms with E-state index in [1.807, 2.05) is 0 Å². The van der Waals surface area contributed by atoms with Crippen molar-refractivity contribution in [3.8, 4) is 11.5 Å². The number of aromatic nitrogens is 1. The molecule has 0 atom stereocenters. The molecule has 26 heavy (non-hydrogen) atoms. The van der Waals surface area contributed by atoms with Crippen molar-refractivity contribution in [3.63, 3.8) is 0 Å². The first-order chi connectivity index (χ1) is 12.5. The number of nitrogens with one attached hydrogen (secondary N) is 2. The van der Waals surface area contributed by atoms with Crippen molar-refractivity contribution in [1.29, 1.82) is 0 Å². The van der Waals surface area contributed by atoms with Gasteiger partial charge in [0.05, 0.1) is 32.1 Å². The summed E-state index contributed by atoms with van der Waals surface area (Å²) < 4.78 is 10.6. The van der Waals surface area contributed by atoms with Crippen molar-refractivity contribution in [2.75, 3.05) is 31.4 Å². The molecule has 2 N–H and O–H groups in total. The number of urea groups is 1. The monoisotopic (exact) mass is 376 g/mol. The minimum Gasteiger partial charge on any atom is -0.493 e. The van der Waals surface area contributed by atoms with Crippen LogP contribution in [-0.4, -0.2) is 42.6 Å². The molecule has 3 rings (SSSR count). The van der Waals surface area contributed by atoms with Crippen molar-refractivity contribution in [2.24, 2.45) is 0 Å². The van der Waals surface area contributed by atoms with Crippen LogP contribution in [0.15, 0.2) is 18.2 Å². The maximum absolute atomic E-state index is 12.7. The normalized spacial score (nSPS) is 13.0. The number of carbonyl (C=O) groups is 2. The molecule has 1 aliphatic rings. The number of hydrogen-bond donors (Lipinski definition) is 2. The molecule has 9 heteroatoms. The van der Waals surface area contributed by atoms with Crippen LogP contribution >= 0.6 is 11.3 Å². The third kappa shape index (κ3) is 3.72. The van der Waals surface area contributed by atoms with E-state index in [-0.39, 0.29) is 11.9 Å². The molecule has 0 saturated carbocycles. The molecule has 0 spiro atoms. The van der Waals surface area contributed by atoms with Crippen molar-refractivity contribution in [1.82, 2.24) is 9.88 Å². The summed E-state index contributed by atoms with van der Waals surface area (Å²) in [6.07, 6.45) is 0.647. The lowest BCUT2D eigenvalue weighted by Gasteiger charge is -2.26. The molecular weight excluding hydrogens is 356 g/mol. The summed E-state index contributed by atoms with van der Waals surface area (Å²) in [6.45, 7) is 2.45. The van der Waals surface area contributed by atoms with E-state index in [4.69, 9.17) is 9.47 Å². The zero-order valence-corrected chi connectivity index (χ0v) is 15.6. The fourth-order valence-corrected chi connectivity index (χ4v) is 3.82. The van der Waals surface area contributed by atoms with Crippen molar-refractivity contribution in [3.05, 3.63) is 28.8 Å². The summed E-state index contributed by atoms with van der Waals surface area (Å²) in [5.41, 5.74) is 1.48. The first kappa shape index (κ1) is 18.0. The van der Waals surface area contributed by atoms with Gasteiger partial charge in [0, 0.05) is 24.8 Å². The number of rotatable bonds is 4. The number of para-hydroxylation sites is 1. The van der Waals surface area contributed by atoms with Gasteiger partial charge in [-0.3, -0.25) is 4.79 Å². The summed E-state index contributed by atoms with van der Waals surface area (Å²) in [4.78, 5) is 30.9. The number of nitrogens with zero attached hydrogens (tertiary/aromatic N) is 2. The lowest BCUT2D eigenvalue weighted by Crippen LogP contribution is -2.38. The van der Waals surface area contributed by atoms with Gasteiger partial charge in [-0.05, 0) is 12.1 Å². The minimum atomic E-state index is -0.225. The van der Waals surface area contributed by atoms with E-state index >= 15 is 0 Å². The van der Waals surface area contributed by atoms with Crippen LogP contribution in [0.1, 0.15) is 17.5 Å². The zero-order chi connectivity index (χ0) is 18.7. The smallest absolute Gasteiger partial charge is 0.322 e. The maximum Gasteiger partial charge on any atom is 0.322 e. The van der Waals surface area contributed by atoms with Crippen LogP contribution in [0.25, 0.3) is 0 Å². The number of benzene rings is 1. The Morgan fingerprint density at radius 2 is 2.04 bits per heavy atom.